The number of rotatable bonds is 3. The van der Waals surface area contributed by atoms with E-state index in [1.165, 1.54) is 6.07 Å². The first-order valence-corrected chi connectivity index (χ1v) is 6.35. The Bertz CT molecular complexity index is 411. The van der Waals surface area contributed by atoms with Gasteiger partial charge in [-0.25, -0.2) is 0 Å². The van der Waals surface area contributed by atoms with Crippen LogP contribution < -0.4 is 4.74 Å². The van der Waals surface area contributed by atoms with Gasteiger partial charge in [0.25, 0.3) is 5.91 Å². The van der Waals surface area contributed by atoms with Gasteiger partial charge in [0.1, 0.15) is 11.5 Å². The topological polar surface area (TPSA) is 49.8 Å². The number of hydrogen-bond donors (Lipinski definition) is 1. The van der Waals surface area contributed by atoms with Gasteiger partial charge in [0, 0.05) is 19.2 Å². The molecule has 0 aromatic heterocycles. The van der Waals surface area contributed by atoms with Crippen molar-refractivity contribution in [1.29, 1.82) is 0 Å². The third-order valence-electron chi connectivity index (χ3n) is 3.32. The fraction of sp³-hybridized carbons (Fsp3) is 0.500. The Morgan fingerprint density at radius 3 is 2.83 bits per heavy atom. The standard InChI is InChI=1S/C14H19NO3/c1-11-5-7-15(8-6-11)14(17)10-18-13-4-2-3-12(16)9-13/h2-4,9,11,16H,5-8,10H2,1H3. The fourth-order valence-corrected chi connectivity index (χ4v) is 2.07. The van der Waals surface area contributed by atoms with Crippen molar-refractivity contribution in [2.24, 2.45) is 5.92 Å². The third kappa shape index (κ3) is 3.39. The van der Waals surface area contributed by atoms with E-state index in [1.807, 2.05) is 4.90 Å². The lowest BCUT2D eigenvalue weighted by molar-refractivity contribution is -0.134. The molecule has 1 aliphatic rings. The summed E-state index contributed by atoms with van der Waals surface area (Å²) in [6.45, 7) is 3.90. The van der Waals surface area contributed by atoms with E-state index < -0.39 is 0 Å². The van der Waals surface area contributed by atoms with Crippen molar-refractivity contribution in [1.82, 2.24) is 4.90 Å². The van der Waals surface area contributed by atoms with Crippen molar-refractivity contribution < 1.29 is 14.6 Å². The van der Waals surface area contributed by atoms with Gasteiger partial charge in [-0.05, 0) is 30.9 Å². The van der Waals surface area contributed by atoms with Crippen molar-refractivity contribution in [2.45, 2.75) is 19.8 Å². The molecule has 1 fully saturated rings. The largest absolute Gasteiger partial charge is 0.508 e. The lowest BCUT2D eigenvalue weighted by Crippen LogP contribution is -2.40. The van der Waals surface area contributed by atoms with Gasteiger partial charge in [0.05, 0.1) is 0 Å². The average Bonchev–Trinajstić information content (AvgIpc) is 2.37. The number of phenolic OH excluding ortho intramolecular Hbond substituents is 1. The Labute approximate surface area is 107 Å². The molecule has 1 saturated heterocycles. The third-order valence-corrected chi connectivity index (χ3v) is 3.32. The van der Waals surface area contributed by atoms with Gasteiger partial charge in [0.2, 0.25) is 0 Å². The highest BCUT2D eigenvalue weighted by molar-refractivity contribution is 5.77. The summed E-state index contributed by atoms with van der Waals surface area (Å²) in [4.78, 5) is 13.8. The van der Waals surface area contributed by atoms with E-state index >= 15 is 0 Å². The molecule has 1 amide bonds. The van der Waals surface area contributed by atoms with Crippen LogP contribution in [0.25, 0.3) is 0 Å². The minimum absolute atomic E-state index is 0.0187. The van der Waals surface area contributed by atoms with E-state index in [0.717, 1.165) is 25.9 Å². The zero-order valence-corrected chi connectivity index (χ0v) is 10.6. The molecular formula is C14H19NO3. The molecule has 0 unspecified atom stereocenters. The van der Waals surface area contributed by atoms with Crippen LogP contribution in [0.1, 0.15) is 19.8 Å². The van der Waals surface area contributed by atoms with Crippen LogP contribution in [0.3, 0.4) is 0 Å². The van der Waals surface area contributed by atoms with Gasteiger partial charge in [0.15, 0.2) is 6.61 Å². The highest BCUT2D eigenvalue weighted by Crippen LogP contribution is 2.19. The Morgan fingerprint density at radius 1 is 1.44 bits per heavy atom. The highest BCUT2D eigenvalue weighted by Gasteiger charge is 2.20. The zero-order chi connectivity index (χ0) is 13.0. The van der Waals surface area contributed by atoms with Crippen molar-refractivity contribution >= 4 is 5.91 Å². The van der Waals surface area contributed by atoms with Crippen LogP contribution in [-0.4, -0.2) is 35.6 Å². The van der Waals surface area contributed by atoms with E-state index in [1.54, 1.807) is 18.2 Å². The van der Waals surface area contributed by atoms with Gasteiger partial charge in [-0.15, -0.1) is 0 Å². The van der Waals surface area contributed by atoms with E-state index in [4.69, 9.17) is 4.74 Å². The van der Waals surface area contributed by atoms with Crippen LogP contribution in [0.2, 0.25) is 0 Å². The van der Waals surface area contributed by atoms with E-state index in [-0.39, 0.29) is 18.3 Å². The Hall–Kier alpha value is -1.71. The van der Waals surface area contributed by atoms with Crippen LogP contribution in [0.15, 0.2) is 24.3 Å². The van der Waals surface area contributed by atoms with Crippen molar-refractivity contribution in [3.63, 3.8) is 0 Å². The summed E-state index contributed by atoms with van der Waals surface area (Å²) in [5.74, 6) is 1.40. The lowest BCUT2D eigenvalue weighted by Gasteiger charge is -2.30. The van der Waals surface area contributed by atoms with Gasteiger partial charge >= 0.3 is 0 Å². The second-order valence-electron chi connectivity index (χ2n) is 4.85. The van der Waals surface area contributed by atoms with Crippen LogP contribution >= 0.6 is 0 Å². The summed E-state index contributed by atoms with van der Waals surface area (Å²) in [6.07, 6.45) is 2.13. The van der Waals surface area contributed by atoms with Gasteiger partial charge in [-0.1, -0.05) is 13.0 Å². The molecule has 1 heterocycles. The molecule has 1 aromatic carbocycles. The van der Waals surface area contributed by atoms with Crippen molar-refractivity contribution in [2.75, 3.05) is 19.7 Å². The normalized spacial score (nSPS) is 16.6. The van der Waals surface area contributed by atoms with E-state index in [9.17, 15) is 9.90 Å². The molecule has 0 bridgehead atoms. The highest BCUT2D eigenvalue weighted by atomic mass is 16.5. The predicted molar refractivity (Wildman–Crippen MR) is 68.6 cm³/mol. The number of amides is 1. The van der Waals surface area contributed by atoms with Crippen molar-refractivity contribution in [3.05, 3.63) is 24.3 Å². The van der Waals surface area contributed by atoms with Gasteiger partial charge in [-0.3, -0.25) is 4.79 Å². The smallest absolute Gasteiger partial charge is 0.260 e. The molecule has 18 heavy (non-hydrogen) atoms. The number of benzene rings is 1. The summed E-state index contributed by atoms with van der Waals surface area (Å²) in [6, 6.07) is 6.50. The molecule has 2 rings (SSSR count). The van der Waals surface area contributed by atoms with Gasteiger partial charge in [-0.2, -0.15) is 0 Å². The monoisotopic (exact) mass is 249 g/mol. The molecule has 0 aliphatic carbocycles. The molecule has 4 nitrogen and oxygen atoms in total. The Balaban J connectivity index is 1.81. The number of piperidine rings is 1. The molecular weight excluding hydrogens is 230 g/mol. The number of hydrogen-bond acceptors (Lipinski definition) is 3. The molecule has 0 atom stereocenters. The molecule has 0 radical (unpaired) electrons. The lowest BCUT2D eigenvalue weighted by atomic mass is 9.99. The summed E-state index contributed by atoms with van der Waals surface area (Å²) in [5.41, 5.74) is 0. The number of phenols is 1. The fourth-order valence-electron chi connectivity index (χ4n) is 2.07. The summed E-state index contributed by atoms with van der Waals surface area (Å²) in [5, 5.41) is 9.28. The predicted octanol–water partition coefficient (Wildman–Crippen LogP) is 2.03. The van der Waals surface area contributed by atoms with Gasteiger partial charge < -0.3 is 14.7 Å². The van der Waals surface area contributed by atoms with Crippen molar-refractivity contribution in [3.8, 4) is 11.5 Å². The second kappa shape index (κ2) is 5.76. The number of likely N-dealkylation sites (tertiary alicyclic amines) is 1. The minimum Gasteiger partial charge on any atom is -0.508 e. The molecule has 1 aliphatic heterocycles. The average molecular weight is 249 g/mol. The molecule has 98 valence electrons. The first-order chi connectivity index (χ1) is 8.65. The maximum absolute atomic E-state index is 11.9. The zero-order valence-electron chi connectivity index (χ0n) is 10.6. The molecule has 1 aromatic rings. The molecule has 4 heteroatoms. The number of ether oxygens (including phenoxy) is 1. The molecule has 0 saturated carbocycles. The Morgan fingerprint density at radius 2 is 2.17 bits per heavy atom. The van der Waals surface area contributed by atoms with E-state index in [0.29, 0.717) is 11.7 Å². The maximum atomic E-state index is 11.9. The SMILES string of the molecule is CC1CCN(C(=O)COc2cccc(O)c2)CC1. The molecule has 0 spiro atoms. The number of carbonyl (C=O) groups is 1. The number of nitrogens with zero attached hydrogens (tertiary/aromatic N) is 1. The quantitative estimate of drug-likeness (QED) is 0.891. The molecule has 1 N–H and O–H groups in total. The summed E-state index contributed by atoms with van der Waals surface area (Å²) >= 11 is 0. The first kappa shape index (κ1) is 12.7. The first-order valence-electron chi connectivity index (χ1n) is 6.35. The van der Waals surface area contributed by atoms with E-state index in [2.05, 4.69) is 6.92 Å². The van der Waals surface area contributed by atoms with Crippen LogP contribution in [-0.2, 0) is 4.79 Å². The maximum Gasteiger partial charge on any atom is 0.260 e. The second-order valence-corrected chi connectivity index (χ2v) is 4.85. The summed E-state index contributed by atoms with van der Waals surface area (Å²) in [7, 11) is 0. The number of carbonyl (C=O) groups excluding carboxylic acids is 1. The van der Waals surface area contributed by atoms with Crippen LogP contribution in [0, 0.1) is 5.92 Å². The minimum atomic E-state index is 0.0187. The van der Waals surface area contributed by atoms with Crippen LogP contribution in [0.4, 0.5) is 0 Å². The Kier molecular flexibility index (Phi) is 4.07. The number of aromatic hydroxyl groups is 1. The van der Waals surface area contributed by atoms with Crippen LogP contribution in [0.5, 0.6) is 11.5 Å². The summed E-state index contributed by atoms with van der Waals surface area (Å²) < 4.78 is 5.38.